The maximum Gasteiger partial charge on any atom is 0.145 e. The molecule has 7 heteroatoms. The van der Waals surface area contributed by atoms with Gasteiger partial charge in [0.05, 0.1) is 10.6 Å². The van der Waals surface area contributed by atoms with Gasteiger partial charge in [-0.1, -0.05) is 0 Å². The highest BCUT2D eigenvalue weighted by molar-refractivity contribution is 14.1. The molecule has 0 saturated heterocycles. The van der Waals surface area contributed by atoms with Gasteiger partial charge in [-0.15, -0.1) is 0 Å². The van der Waals surface area contributed by atoms with Crippen LogP contribution in [0.25, 0.3) is 0 Å². The van der Waals surface area contributed by atoms with Crippen molar-refractivity contribution in [3.05, 3.63) is 46.7 Å². The number of rotatable bonds is 5. The minimum absolute atomic E-state index is 0.0871. The van der Waals surface area contributed by atoms with E-state index >= 15 is 0 Å². The summed E-state index contributed by atoms with van der Waals surface area (Å²) in [6.45, 7) is 2.64. The van der Waals surface area contributed by atoms with Gasteiger partial charge in [0.25, 0.3) is 0 Å². The van der Waals surface area contributed by atoms with E-state index < -0.39 is 0 Å². The van der Waals surface area contributed by atoms with Crippen molar-refractivity contribution in [3.63, 3.8) is 0 Å². The fourth-order valence-electron chi connectivity index (χ4n) is 1.20. The molecule has 4 N–H and O–H groups in total. The molecular weight excluding hydrogens is 409 g/mol. The highest BCUT2D eigenvalue weighted by Gasteiger charge is 2.15. The third-order valence-electron chi connectivity index (χ3n) is 2.17. The van der Waals surface area contributed by atoms with Crippen LogP contribution >= 0.6 is 38.8 Å². The van der Waals surface area contributed by atoms with E-state index in [1.54, 1.807) is 30.6 Å². The summed E-state index contributed by atoms with van der Waals surface area (Å²) in [5.74, 6) is 0.773. The van der Waals surface area contributed by atoms with Gasteiger partial charge in [-0.3, -0.25) is 0 Å². The number of aromatic nitrogens is 2. The van der Waals surface area contributed by atoms with Gasteiger partial charge in [0.1, 0.15) is 5.82 Å². The second-order valence-electron chi connectivity index (χ2n) is 3.63. The Morgan fingerprint density at radius 1 is 1.44 bits per heavy atom. The highest BCUT2D eigenvalue weighted by Crippen LogP contribution is 2.20. The molecular formula is C11H15BrIN5. The van der Waals surface area contributed by atoms with Crippen molar-refractivity contribution in [2.75, 3.05) is 6.54 Å². The Bertz CT molecular complexity index is 430. The van der Waals surface area contributed by atoms with Gasteiger partial charge in [0.15, 0.2) is 0 Å². The van der Waals surface area contributed by atoms with E-state index in [1.807, 2.05) is 10.0 Å². The van der Waals surface area contributed by atoms with Gasteiger partial charge >= 0.3 is 0 Å². The molecule has 0 amide bonds. The summed E-state index contributed by atoms with van der Waals surface area (Å²) in [6.07, 6.45) is 6.95. The first kappa shape index (κ1) is 15.4. The normalized spacial score (nSPS) is 14.9. The molecule has 0 aliphatic heterocycles. The zero-order valence-electron chi connectivity index (χ0n) is 9.92. The van der Waals surface area contributed by atoms with Gasteiger partial charge in [0.2, 0.25) is 0 Å². The average molecular weight is 424 g/mol. The monoisotopic (exact) mass is 423 g/mol. The summed E-state index contributed by atoms with van der Waals surface area (Å²) in [5, 5.41) is 0. The van der Waals surface area contributed by atoms with E-state index in [9.17, 15) is 0 Å². The number of nitrogens with two attached hydrogens (primary N) is 2. The van der Waals surface area contributed by atoms with Crippen LogP contribution < -0.4 is 11.5 Å². The number of hydrogen-bond donors (Lipinski definition) is 2. The predicted molar refractivity (Wildman–Crippen MR) is 84.6 cm³/mol. The smallest absolute Gasteiger partial charge is 0.145 e. The van der Waals surface area contributed by atoms with Gasteiger partial charge in [-0.25, -0.2) is 13.1 Å². The van der Waals surface area contributed by atoms with Gasteiger partial charge < -0.3 is 11.5 Å². The van der Waals surface area contributed by atoms with Crippen LogP contribution in [0.4, 0.5) is 0 Å². The van der Waals surface area contributed by atoms with Crippen LogP contribution in [-0.2, 0) is 0 Å². The Kier molecular flexibility index (Phi) is 6.58. The van der Waals surface area contributed by atoms with E-state index in [1.165, 1.54) is 0 Å². The molecule has 0 aromatic carbocycles. The summed E-state index contributed by atoms with van der Waals surface area (Å²) in [6, 6.07) is 1.88. The van der Waals surface area contributed by atoms with E-state index in [0.29, 0.717) is 11.2 Å². The third-order valence-corrected chi connectivity index (χ3v) is 3.61. The molecule has 1 aromatic heterocycles. The van der Waals surface area contributed by atoms with Gasteiger partial charge in [-0.05, 0) is 41.1 Å². The van der Waals surface area contributed by atoms with Crippen LogP contribution in [0.5, 0.6) is 0 Å². The number of nitrogens with zero attached hydrogens (tertiary/aromatic N) is 3. The first-order valence-corrected chi connectivity index (χ1v) is 7.03. The van der Waals surface area contributed by atoms with E-state index in [-0.39, 0.29) is 6.04 Å². The van der Waals surface area contributed by atoms with E-state index in [2.05, 4.69) is 48.8 Å². The molecule has 0 radical (unpaired) electrons. The molecule has 98 valence electrons. The number of halogens is 2. The fraction of sp³-hybridized carbons (Fsp3) is 0.273. The Balaban J connectivity index is 2.63. The van der Waals surface area contributed by atoms with E-state index in [4.69, 9.17) is 11.5 Å². The van der Waals surface area contributed by atoms with Crippen molar-refractivity contribution >= 4 is 38.8 Å². The molecule has 1 rings (SSSR count). The van der Waals surface area contributed by atoms with Crippen molar-refractivity contribution < 1.29 is 0 Å². The maximum atomic E-state index is 5.89. The minimum atomic E-state index is 0.0871. The van der Waals surface area contributed by atoms with Crippen molar-refractivity contribution in [1.82, 2.24) is 13.1 Å². The SMILES string of the molecule is CC(c1ncccn1)N(I)C/C(N)=C/C=C(\N)Br. The van der Waals surface area contributed by atoms with Crippen LogP contribution in [0.15, 0.2) is 40.9 Å². The van der Waals surface area contributed by atoms with Gasteiger partial charge in [-0.2, -0.15) is 0 Å². The summed E-state index contributed by atoms with van der Waals surface area (Å²) in [4.78, 5) is 8.45. The van der Waals surface area contributed by atoms with Gasteiger partial charge in [0, 0.05) is 47.5 Å². The molecule has 1 aromatic rings. The lowest BCUT2D eigenvalue weighted by Crippen LogP contribution is -2.23. The van der Waals surface area contributed by atoms with Crippen molar-refractivity contribution in [3.8, 4) is 0 Å². The zero-order chi connectivity index (χ0) is 13.5. The number of allylic oxidation sites excluding steroid dienone is 2. The molecule has 5 nitrogen and oxygen atoms in total. The highest BCUT2D eigenvalue weighted by atomic mass is 127. The fourth-order valence-corrected chi connectivity index (χ4v) is 1.98. The molecule has 0 spiro atoms. The van der Waals surface area contributed by atoms with Crippen molar-refractivity contribution in [1.29, 1.82) is 0 Å². The quantitative estimate of drug-likeness (QED) is 0.328. The Morgan fingerprint density at radius 2 is 2.06 bits per heavy atom. The molecule has 18 heavy (non-hydrogen) atoms. The van der Waals surface area contributed by atoms with Crippen LogP contribution in [-0.4, -0.2) is 19.6 Å². The third kappa shape index (κ3) is 5.32. The average Bonchev–Trinajstić information content (AvgIpc) is 2.36. The molecule has 1 unspecified atom stereocenters. The summed E-state index contributed by atoms with van der Waals surface area (Å²) >= 11 is 5.35. The van der Waals surface area contributed by atoms with Crippen LogP contribution in [0.2, 0.25) is 0 Å². The van der Waals surface area contributed by atoms with Crippen LogP contribution in [0.1, 0.15) is 18.8 Å². The largest absolute Gasteiger partial charge is 0.401 e. The van der Waals surface area contributed by atoms with E-state index in [0.717, 1.165) is 11.5 Å². The first-order chi connectivity index (χ1) is 8.50. The topological polar surface area (TPSA) is 81.1 Å². The Morgan fingerprint density at radius 3 is 2.61 bits per heavy atom. The van der Waals surface area contributed by atoms with Crippen LogP contribution in [0, 0.1) is 0 Å². The van der Waals surface area contributed by atoms with Crippen LogP contribution in [0.3, 0.4) is 0 Å². The molecule has 0 aliphatic carbocycles. The summed E-state index contributed by atoms with van der Waals surface area (Å²) < 4.78 is 2.59. The second-order valence-corrected chi connectivity index (χ2v) is 5.79. The lowest BCUT2D eigenvalue weighted by molar-refractivity contribution is 0.424. The first-order valence-electron chi connectivity index (χ1n) is 5.27. The molecule has 0 bridgehead atoms. The lowest BCUT2D eigenvalue weighted by Gasteiger charge is -2.20. The second kappa shape index (κ2) is 7.70. The number of hydrogen-bond acceptors (Lipinski definition) is 5. The van der Waals surface area contributed by atoms with Crippen molar-refractivity contribution in [2.24, 2.45) is 11.5 Å². The summed E-state index contributed by atoms with van der Waals surface area (Å²) in [7, 11) is 0. The zero-order valence-corrected chi connectivity index (χ0v) is 13.7. The molecule has 1 heterocycles. The Labute approximate surface area is 129 Å². The molecule has 0 fully saturated rings. The standard InChI is InChI=1S/C11H15BrIN5/c1-8(11-16-5-2-6-17-11)18(13)7-9(14)3-4-10(12)15/h2-6,8H,7,14-15H2,1H3/b9-3-,10-4-. The lowest BCUT2D eigenvalue weighted by atomic mass is 10.3. The van der Waals surface area contributed by atoms with Crippen molar-refractivity contribution in [2.45, 2.75) is 13.0 Å². The minimum Gasteiger partial charge on any atom is -0.401 e. The maximum absolute atomic E-state index is 5.89. The summed E-state index contributed by atoms with van der Waals surface area (Å²) in [5.41, 5.74) is 12.1. The molecule has 0 aliphatic rings. The predicted octanol–water partition coefficient (Wildman–Crippen LogP) is 2.23. The Hall–Kier alpha value is -0.670. The molecule has 1 atom stereocenters. The molecule has 0 saturated carbocycles.